The summed E-state index contributed by atoms with van der Waals surface area (Å²) >= 11 is 0. The molecule has 2 N–H and O–H groups in total. The van der Waals surface area contributed by atoms with Gasteiger partial charge >= 0.3 is 0 Å². The van der Waals surface area contributed by atoms with Gasteiger partial charge in [-0.3, -0.25) is 4.79 Å². The third-order valence-corrected chi connectivity index (χ3v) is 3.13. The first-order valence-corrected chi connectivity index (χ1v) is 6.45. The minimum absolute atomic E-state index is 0.0488. The van der Waals surface area contributed by atoms with Gasteiger partial charge in [-0.05, 0) is 25.8 Å². The summed E-state index contributed by atoms with van der Waals surface area (Å²) in [5.74, 6) is 0.469. The highest BCUT2D eigenvalue weighted by molar-refractivity contribution is 6.15. The number of aromatic nitrogens is 2. The predicted octanol–water partition coefficient (Wildman–Crippen LogP) is 1.11. The molecule has 1 atom stereocenters. The molecule has 0 spiro atoms. The van der Waals surface area contributed by atoms with Gasteiger partial charge in [0, 0.05) is 11.8 Å². The third-order valence-electron chi connectivity index (χ3n) is 3.13. The van der Waals surface area contributed by atoms with Gasteiger partial charge in [-0.1, -0.05) is 13.8 Å². The first kappa shape index (κ1) is 13.6. The Kier molecular flexibility index (Phi) is 3.90. The summed E-state index contributed by atoms with van der Waals surface area (Å²) in [5.41, 5.74) is 7.28. The molecule has 102 valence electrons. The molecule has 0 radical (unpaired) electrons. The number of hydrogen-bond donors (Lipinski definition) is 1. The monoisotopic (exact) mass is 261 g/mol. The fraction of sp³-hybridized carbons (Fsp3) is 0.538. The van der Waals surface area contributed by atoms with E-state index in [1.54, 1.807) is 6.07 Å². The molecular weight excluding hydrogens is 242 g/mol. The van der Waals surface area contributed by atoms with Crippen molar-refractivity contribution in [1.29, 1.82) is 0 Å². The fourth-order valence-electron chi connectivity index (χ4n) is 2.18. The quantitative estimate of drug-likeness (QED) is 0.879. The molecule has 0 aliphatic carbocycles. The van der Waals surface area contributed by atoms with E-state index in [-0.39, 0.29) is 17.7 Å². The van der Waals surface area contributed by atoms with E-state index >= 15 is 0 Å². The van der Waals surface area contributed by atoms with Crippen LogP contribution in [-0.4, -0.2) is 28.1 Å². The second-order valence-electron chi connectivity index (χ2n) is 4.98. The van der Waals surface area contributed by atoms with E-state index in [2.05, 4.69) is 15.1 Å². The Morgan fingerprint density at radius 3 is 2.74 bits per heavy atom. The van der Waals surface area contributed by atoms with Crippen molar-refractivity contribution < 1.29 is 4.79 Å². The lowest BCUT2D eigenvalue weighted by Crippen LogP contribution is -2.30. The topological polar surface area (TPSA) is 84.5 Å². The standard InChI is InChI=1S/C13H19N5O/c1-8(2)12-10(4-5-14)13(19)18(17-12)11-6-9(3)15-7-16-11/h6-8,10H,4-5,14H2,1-3H3. The molecular formula is C13H19N5O. The van der Waals surface area contributed by atoms with Crippen LogP contribution in [0.25, 0.3) is 0 Å². The summed E-state index contributed by atoms with van der Waals surface area (Å²) in [6.45, 7) is 6.39. The number of carbonyl (C=O) groups is 1. The summed E-state index contributed by atoms with van der Waals surface area (Å²) in [5, 5.41) is 5.81. The van der Waals surface area contributed by atoms with Gasteiger partial charge in [0.1, 0.15) is 6.33 Å². The van der Waals surface area contributed by atoms with Crippen molar-refractivity contribution >= 4 is 17.4 Å². The van der Waals surface area contributed by atoms with Gasteiger partial charge in [0.15, 0.2) is 5.82 Å². The number of anilines is 1. The number of nitrogens with two attached hydrogens (primary N) is 1. The molecule has 1 aliphatic heterocycles. The highest BCUT2D eigenvalue weighted by Crippen LogP contribution is 2.27. The van der Waals surface area contributed by atoms with Crippen LogP contribution in [0.1, 0.15) is 26.0 Å². The van der Waals surface area contributed by atoms with Crippen LogP contribution in [0.3, 0.4) is 0 Å². The third kappa shape index (κ3) is 2.63. The average Bonchev–Trinajstić information content (AvgIpc) is 2.68. The highest BCUT2D eigenvalue weighted by Gasteiger charge is 2.37. The van der Waals surface area contributed by atoms with Crippen molar-refractivity contribution in [3.05, 3.63) is 18.1 Å². The highest BCUT2D eigenvalue weighted by atomic mass is 16.2. The normalized spacial score (nSPS) is 19.2. The Labute approximate surface area is 112 Å². The maximum atomic E-state index is 12.4. The van der Waals surface area contributed by atoms with E-state index in [1.807, 2.05) is 20.8 Å². The largest absolute Gasteiger partial charge is 0.330 e. The van der Waals surface area contributed by atoms with Crippen molar-refractivity contribution in [2.75, 3.05) is 11.6 Å². The van der Waals surface area contributed by atoms with Gasteiger partial charge in [0.2, 0.25) is 0 Å². The lowest BCUT2D eigenvalue weighted by Gasteiger charge is -2.13. The van der Waals surface area contributed by atoms with Crippen LogP contribution in [0.5, 0.6) is 0 Å². The molecule has 1 aromatic heterocycles. The molecule has 6 nitrogen and oxygen atoms in total. The summed E-state index contributed by atoms with van der Waals surface area (Å²) in [6, 6.07) is 1.75. The van der Waals surface area contributed by atoms with Gasteiger partial charge in [-0.2, -0.15) is 10.1 Å². The second-order valence-corrected chi connectivity index (χ2v) is 4.98. The molecule has 1 unspecified atom stereocenters. The van der Waals surface area contributed by atoms with Gasteiger partial charge in [0.05, 0.1) is 11.6 Å². The Bertz CT molecular complexity index is 512. The molecule has 0 bridgehead atoms. The lowest BCUT2D eigenvalue weighted by atomic mass is 9.92. The number of nitrogens with zero attached hydrogens (tertiary/aromatic N) is 4. The predicted molar refractivity (Wildman–Crippen MR) is 73.7 cm³/mol. The maximum absolute atomic E-state index is 12.4. The van der Waals surface area contributed by atoms with Crippen LogP contribution in [0, 0.1) is 18.8 Å². The molecule has 0 saturated heterocycles. The zero-order chi connectivity index (χ0) is 14.0. The van der Waals surface area contributed by atoms with E-state index in [1.165, 1.54) is 11.3 Å². The number of carbonyl (C=O) groups excluding carboxylic acids is 1. The summed E-state index contributed by atoms with van der Waals surface area (Å²) in [6.07, 6.45) is 2.06. The Balaban J connectivity index is 2.35. The summed E-state index contributed by atoms with van der Waals surface area (Å²) < 4.78 is 0. The van der Waals surface area contributed by atoms with Gasteiger partial charge in [-0.15, -0.1) is 0 Å². The van der Waals surface area contributed by atoms with Crippen LogP contribution >= 0.6 is 0 Å². The maximum Gasteiger partial charge on any atom is 0.257 e. The molecule has 1 aromatic rings. The van der Waals surface area contributed by atoms with Crippen molar-refractivity contribution in [1.82, 2.24) is 9.97 Å². The van der Waals surface area contributed by atoms with Crippen LogP contribution in [-0.2, 0) is 4.79 Å². The van der Waals surface area contributed by atoms with Crippen molar-refractivity contribution in [3.63, 3.8) is 0 Å². The average molecular weight is 261 g/mol. The van der Waals surface area contributed by atoms with E-state index < -0.39 is 0 Å². The number of rotatable bonds is 4. The van der Waals surface area contributed by atoms with Crippen molar-refractivity contribution in [2.45, 2.75) is 27.2 Å². The number of hydrazone groups is 1. The minimum atomic E-state index is -0.222. The van der Waals surface area contributed by atoms with Gasteiger partial charge in [0.25, 0.3) is 5.91 Å². The molecule has 2 rings (SSSR count). The van der Waals surface area contributed by atoms with E-state index in [0.29, 0.717) is 18.8 Å². The molecule has 0 fully saturated rings. The summed E-state index contributed by atoms with van der Waals surface area (Å²) in [4.78, 5) is 20.6. The van der Waals surface area contributed by atoms with E-state index in [4.69, 9.17) is 5.73 Å². The van der Waals surface area contributed by atoms with Crippen molar-refractivity contribution in [2.24, 2.45) is 22.7 Å². The molecule has 1 amide bonds. The lowest BCUT2D eigenvalue weighted by molar-refractivity contribution is -0.119. The van der Waals surface area contributed by atoms with Crippen LogP contribution in [0.15, 0.2) is 17.5 Å². The molecule has 19 heavy (non-hydrogen) atoms. The minimum Gasteiger partial charge on any atom is -0.330 e. The number of aryl methyl sites for hydroxylation is 1. The fourth-order valence-corrected chi connectivity index (χ4v) is 2.18. The second kappa shape index (κ2) is 5.44. The van der Waals surface area contributed by atoms with Gasteiger partial charge < -0.3 is 5.73 Å². The number of amides is 1. The smallest absolute Gasteiger partial charge is 0.257 e. The first-order valence-electron chi connectivity index (χ1n) is 6.45. The van der Waals surface area contributed by atoms with Crippen LogP contribution in [0.2, 0.25) is 0 Å². The van der Waals surface area contributed by atoms with Crippen LogP contribution in [0.4, 0.5) is 5.82 Å². The Hall–Kier alpha value is -1.82. The Morgan fingerprint density at radius 2 is 2.16 bits per heavy atom. The Morgan fingerprint density at radius 1 is 1.42 bits per heavy atom. The molecule has 1 aliphatic rings. The molecule has 0 saturated carbocycles. The molecule has 0 aromatic carbocycles. The van der Waals surface area contributed by atoms with Crippen LogP contribution < -0.4 is 10.7 Å². The van der Waals surface area contributed by atoms with E-state index in [9.17, 15) is 4.79 Å². The SMILES string of the molecule is Cc1cc(N2N=C(C(C)C)C(CCN)C2=O)ncn1. The molecule has 2 heterocycles. The zero-order valence-electron chi connectivity index (χ0n) is 11.5. The number of hydrogen-bond acceptors (Lipinski definition) is 5. The molecule has 6 heteroatoms. The zero-order valence-corrected chi connectivity index (χ0v) is 11.5. The summed E-state index contributed by atoms with van der Waals surface area (Å²) in [7, 11) is 0. The first-order chi connectivity index (χ1) is 9.04. The van der Waals surface area contributed by atoms with Gasteiger partial charge in [-0.25, -0.2) is 9.97 Å². The van der Waals surface area contributed by atoms with Crippen molar-refractivity contribution in [3.8, 4) is 0 Å². The van der Waals surface area contributed by atoms with E-state index in [0.717, 1.165) is 11.4 Å².